The molecule has 6 nitrogen and oxygen atoms in total. The van der Waals surface area contributed by atoms with Gasteiger partial charge in [0.1, 0.15) is 0 Å². The second-order valence-corrected chi connectivity index (χ2v) is 8.93. The Morgan fingerprint density at radius 2 is 1.74 bits per heavy atom. The molecule has 9 heteroatoms. The molecule has 2 aromatic carbocycles. The predicted octanol–water partition coefficient (Wildman–Crippen LogP) is 4.80. The quantitative estimate of drug-likeness (QED) is 0.420. The number of carbonyl (C=O) groups is 1. The second-order valence-electron chi connectivity index (χ2n) is 8.93. The number of benzene rings is 2. The van der Waals surface area contributed by atoms with Gasteiger partial charge in [0.2, 0.25) is 5.91 Å². The molecule has 0 saturated carbocycles. The number of hydrogen-bond acceptors (Lipinski definition) is 4. The van der Waals surface area contributed by atoms with E-state index in [2.05, 4.69) is 5.10 Å². The molecule has 1 fully saturated rings. The fourth-order valence-electron chi connectivity index (χ4n) is 4.82. The van der Waals surface area contributed by atoms with Gasteiger partial charge in [0.05, 0.1) is 11.1 Å². The lowest BCUT2D eigenvalue weighted by atomic mass is 10.1. The number of amides is 1. The van der Waals surface area contributed by atoms with Gasteiger partial charge in [-0.15, -0.1) is 0 Å². The van der Waals surface area contributed by atoms with Crippen LogP contribution < -0.4 is 4.90 Å². The van der Waals surface area contributed by atoms with Crippen molar-refractivity contribution >= 4 is 28.1 Å². The van der Waals surface area contributed by atoms with Crippen LogP contribution in [0, 0.1) is 13.8 Å². The molecule has 182 valence electrons. The van der Waals surface area contributed by atoms with E-state index in [1.54, 1.807) is 11.0 Å². The summed E-state index contributed by atoms with van der Waals surface area (Å²) >= 11 is 0. The van der Waals surface area contributed by atoms with Gasteiger partial charge in [-0.25, -0.2) is 9.50 Å². The number of piperazine rings is 1. The number of alkyl halides is 3. The van der Waals surface area contributed by atoms with E-state index in [9.17, 15) is 18.0 Å². The SMILES string of the molecule is Cc1nc2c3ccccc3nn2c(C)c1CCC(=O)N1CCN(c2cccc(C(F)(F)F)c2)CC1. The van der Waals surface area contributed by atoms with Crippen LogP contribution in [0.5, 0.6) is 0 Å². The van der Waals surface area contributed by atoms with Gasteiger partial charge in [-0.2, -0.15) is 18.3 Å². The van der Waals surface area contributed by atoms with E-state index < -0.39 is 11.7 Å². The van der Waals surface area contributed by atoms with Crippen LogP contribution in [-0.4, -0.2) is 51.6 Å². The number of halogens is 3. The number of carbonyl (C=O) groups excluding carboxylic acids is 1. The van der Waals surface area contributed by atoms with Gasteiger partial charge in [0, 0.05) is 55.1 Å². The first-order valence-corrected chi connectivity index (χ1v) is 11.7. The maximum atomic E-state index is 13.0. The number of anilines is 1. The number of aromatic nitrogens is 3. The zero-order valence-electron chi connectivity index (χ0n) is 19.6. The third kappa shape index (κ3) is 4.42. The summed E-state index contributed by atoms with van der Waals surface area (Å²) in [5.74, 6) is 0.0400. The third-order valence-corrected chi connectivity index (χ3v) is 6.78. The molecular weight excluding hydrogens is 455 g/mol. The molecule has 0 bridgehead atoms. The van der Waals surface area contributed by atoms with Crippen molar-refractivity contribution in [1.82, 2.24) is 19.5 Å². The van der Waals surface area contributed by atoms with Crippen molar-refractivity contribution in [2.75, 3.05) is 31.1 Å². The predicted molar refractivity (Wildman–Crippen MR) is 129 cm³/mol. The van der Waals surface area contributed by atoms with E-state index in [4.69, 9.17) is 4.98 Å². The highest BCUT2D eigenvalue weighted by Crippen LogP contribution is 2.32. The third-order valence-electron chi connectivity index (χ3n) is 6.78. The Morgan fingerprint density at radius 3 is 2.49 bits per heavy atom. The zero-order valence-corrected chi connectivity index (χ0v) is 19.6. The molecule has 3 heterocycles. The maximum absolute atomic E-state index is 13.0. The molecule has 1 saturated heterocycles. The molecular formula is C26H26F3N5O. The lowest BCUT2D eigenvalue weighted by Crippen LogP contribution is -2.48. The summed E-state index contributed by atoms with van der Waals surface area (Å²) in [6.07, 6.45) is -3.46. The van der Waals surface area contributed by atoms with Crippen LogP contribution in [0.4, 0.5) is 18.9 Å². The van der Waals surface area contributed by atoms with Crippen molar-refractivity contribution in [3.8, 4) is 0 Å². The van der Waals surface area contributed by atoms with Crippen molar-refractivity contribution < 1.29 is 18.0 Å². The van der Waals surface area contributed by atoms with E-state index >= 15 is 0 Å². The van der Waals surface area contributed by atoms with Gasteiger partial charge in [0.15, 0.2) is 5.65 Å². The van der Waals surface area contributed by atoms with Crippen molar-refractivity contribution in [2.24, 2.45) is 0 Å². The van der Waals surface area contributed by atoms with Crippen molar-refractivity contribution in [3.05, 3.63) is 71.0 Å². The van der Waals surface area contributed by atoms with E-state index in [1.807, 2.05) is 47.5 Å². The van der Waals surface area contributed by atoms with E-state index in [0.29, 0.717) is 44.7 Å². The molecule has 0 aliphatic carbocycles. The summed E-state index contributed by atoms with van der Waals surface area (Å²) < 4.78 is 41.0. The number of hydrogen-bond donors (Lipinski definition) is 0. The Morgan fingerprint density at radius 1 is 1.00 bits per heavy atom. The fraction of sp³-hybridized carbons (Fsp3) is 0.346. The van der Waals surface area contributed by atoms with Gasteiger partial charge in [0.25, 0.3) is 0 Å². The van der Waals surface area contributed by atoms with Gasteiger partial charge in [-0.3, -0.25) is 4.79 Å². The topological polar surface area (TPSA) is 53.7 Å². The van der Waals surface area contributed by atoms with E-state index in [-0.39, 0.29) is 5.91 Å². The first-order valence-electron chi connectivity index (χ1n) is 11.7. The normalized spacial score (nSPS) is 14.8. The smallest absolute Gasteiger partial charge is 0.368 e. The number of rotatable bonds is 4. The summed E-state index contributed by atoms with van der Waals surface area (Å²) in [4.78, 5) is 21.4. The fourth-order valence-corrected chi connectivity index (χ4v) is 4.82. The lowest BCUT2D eigenvalue weighted by molar-refractivity contribution is -0.137. The van der Waals surface area contributed by atoms with Crippen LogP contribution in [0.25, 0.3) is 16.6 Å². The van der Waals surface area contributed by atoms with Crippen LogP contribution in [-0.2, 0) is 17.4 Å². The highest BCUT2D eigenvalue weighted by molar-refractivity contribution is 5.92. The molecule has 5 rings (SSSR count). The molecule has 0 spiro atoms. The highest BCUT2D eigenvalue weighted by Gasteiger charge is 2.31. The van der Waals surface area contributed by atoms with Gasteiger partial charge < -0.3 is 9.80 Å². The summed E-state index contributed by atoms with van der Waals surface area (Å²) in [5.41, 5.74) is 4.46. The number of fused-ring (bicyclic) bond motifs is 3. The summed E-state index contributed by atoms with van der Waals surface area (Å²) in [5, 5.41) is 5.67. The molecule has 1 aliphatic heterocycles. The molecule has 2 aromatic heterocycles. The van der Waals surface area contributed by atoms with Crippen molar-refractivity contribution in [3.63, 3.8) is 0 Å². The van der Waals surface area contributed by atoms with Gasteiger partial charge >= 0.3 is 6.18 Å². The van der Waals surface area contributed by atoms with Crippen LogP contribution in [0.15, 0.2) is 48.5 Å². The monoisotopic (exact) mass is 481 g/mol. The lowest BCUT2D eigenvalue weighted by Gasteiger charge is -2.36. The van der Waals surface area contributed by atoms with E-state index in [1.165, 1.54) is 12.1 Å². The number of aryl methyl sites for hydroxylation is 2. The Balaban J connectivity index is 1.24. The van der Waals surface area contributed by atoms with Gasteiger partial charge in [-0.1, -0.05) is 18.2 Å². The Kier molecular flexibility index (Phi) is 5.86. The Hall–Kier alpha value is -3.62. The zero-order chi connectivity index (χ0) is 24.7. The second kappa shape index (κ2) is 8.87. The van der Waals surface area contributed by atoms with Gasteiger partial charge in [-0.05, 0) is 56.2 Å². The first kappa shape index (κ1) is 23.1. The average Bonchev–Trinajstić information content (AvgIpc) is 3.22. The molecule has 35 heavy (non-hydrogen) atoms. The molecule has 1 aliphatic rings. The number of nitrogens with zero attached hydrogens (tertiary/aromatic N) is 5. The molecule has 0 N–H and O–H groups in total. The minimum Gasteiger partial charge on any atom is -0.368 e. The van der Waals surface area contributed by atoms with Crippen LogP contribution in [0.1, 0.15) is 28.9 Å². The largest absolute Gasteiger partial charge is 0.416 e. The summed E-state index contributed by atoms with van der Waals surface area (Å²) in [6.45, 7) is 5.92. The van der Waals surface area contributed by atoms with Crippen molar-refractivity contribution in [1.29, 1.82) is 0 Å². The van der Waals surface area contributed by atoms with Crippen LogP contribution >= 0.6 is 0 Å². The highest BCUT2D eigenvalue weighted by atomic mass is 19.4. The Labute approximate surface area is 201 Å². The summed E-state index contributed by atoms with van der Waals surface area (Å²) in [7, 11) is 0. The minimum absolute atomic E-state index is 0.0400. The van der Waals surface area contributed by atoms with Crippen LogP contribution in [0.3, 0.4) is 0 Å². The maximum Gasteiger partial charge on any atom is 0.416 e. The first-order chi connectivity index (χ1) is 16.7. The Bertz CT molecular complexity index is 1400. The summed E-state index contributed by atoms with van der Waals surface area (Å²) in [6, 6.07) is 13.2. The van der Waals surface area contributed by atoms with Crippen molar-refractivity contribution in [2.45, 2.75) is 32.9 Å². The molecule has 0 atom stereocenters. The average molecular weight is 482 g/mol. The standard InChI is InChI=1S/C26H26F3N5O/c1-17-21(18(2)34-25(30-17)22-8-3-4-9-23(22)31-34)10-11-24(35)33-14-12-32(13-15-33)20-7-5-6-19(16-20)26(27,28)29/h3-9,16H,10-15H2,1-2H3. The minimum atomic E-state index is -4.37. The molecule has 0 radical (unpaired) electrons. The molecule has 4 aromatic rings. The molecule has 1 amide bonds. The van der Waals surface area contributed by atoms with E-state index in [0.717, 1.165) is 39.6 Å². The van der Waals surface area contributed by atoms with Crippen LogP contribution in [0.2, 0.25) is 0 Å². The molecule has 0 unspecified atom stereocenters.